The number of aromatic carboxylic acids is 1. The highest BCUT2D eigenvalue weighted by molar-refractivity contribution is 5.96. The Morgan fingerprint density at radius 1 is 0.541 bits per heavy atom. The number of hydrogen-bond acceptors (Lipinski definition) is 12. The maximum Gasteiger partial charge on any atom is 0.337 e. The lowest BCUT2D eigenvalue weighted by Crippen LogP contribution is -2.29. The van der Waals surface area contributed by atoms with E-state index in [-0.39, 0.29) is 5.56 Å². The van der Waals surface area contributed by atoms with E-state index in [1.54, 1.807) is 36.4 Å². The van der Waals surface area contributed by atoms with Crippen LogP contribution in [0.3, 0.4) is 0 Å². The Morgan fingerprint density at radius 2 is 0.967 bits per heavy atom. The van der Waals surface area contributed by atoms with E-state index in [1.165, 1.54) is 7.11 Å². The molecule has 13 nitrogen and oxygen atoms in total. The molecule has 2 N–H and O–H groups in total. The highest BCUT2D eigenvalue weighted by Crippen LogP contribution is 2.41. The van der Waals surface area contributed by atoms with Crippen LogP contribution in [-0.4, -0.2) is 82.6 Å². The van der Waals surface area contributed by atoms with Gasteiger partial charge in [-0.2, -0.15) is 0 Å². The molecule has 0 saturated heterocycles. The first-order chi connectivity index (χ1) is 29.9. The average Bonchev–Trinajstić information content (AvgIpc) is 3.33. The van der Waals surface area contributed by atoms with Crippen LogP contribution in [-0.2, 0) is 4.74 Å². The summed E-state index contributed by atoms with van der Waals surface area (Å²) in [5, 5.41) is 16.3. The Kier molecular flexibility index (Phi) is 11.7. The van der Waals surface area contributed by atoms with Crippen molar-refractivity contribution in [2.45, 2.75) is 0 Å². The Bertz CT molecular complexity index is 2860. The van der Waals surface area contributed by atoms with E-state index in [1.807, 2.05) is 109 Å². The molecule has 2 aliphatic heterocycles. The summed E-state index contributed by atoms with van der Waals surface area (Å²) in [5.74, 6) is 1.63. The lowest BCUT2D eigenvalue weighted by Gasteiger charge is -2.31. The van der Waals surface area contributed by atoms with Crippen molar-refractivity contribution in [2.75, 3.05) is 50.3 Å². The number of methoxy groups -OCH3 is 1. The minimum atomic E-state index is -0.987. The lowest BCUT2D eigenvalue weighted by molar-refractivity contribution is 0.0600. The number of rotatable bonds is 6. The minimum absolute atomic E-state index is 0.188. The summed E-state index contributed by atoms with van der Waals surface area (Å²) in [6, 6.07) is 45.6. The van der Waals surface area contributed by atoms with Gasteiger partial charge in [0, 0.05) is 18.2 Å². The number of aliphatic hydroxyl groups is 1. The third kappa shape index (κ3) is 8.22. The molecule has 0 amide bonds. The Morgan fingerprint density at radius 3 is 1.43 bits per heavy atom. The second kappa shape index (κ2) is 17.9. The van der Waals surface area contributed by atoms with Crippen molar-refractivity contribution in [3.05, 3.63) is 157 Å². The summed E-state index contributed by atoms with van der Waals surface area (Å²) in [7, 11) is 2.37. The normalized spacial score (nSPS) is 12.6. The number of fused-ring (bicyclic) bond motifs is 4. The fourth-order valence-corrected chi connectivity index (χ4v) is 7.20. The van der Waals surface area contributed by atoms with E-state index in [4.69, 9.17) is 39.3 Å². The van der Waals surface area contributed by atoms with E-state index < -0.39 is 11.9 Å². The highest BCUT2D eigenvalue weighted by atomic mass is 16.5. The molecule has 0 aliphatic carbocycles. The van der Waals surface area contributed by atoms with E-state index in [0.29, 0.717) is 59.8 Å². The molecule has 0 saturated carbocycles. The van der Waals surface area contributed by atoms with Gasteiger partial charge < -0.3 is 34.2 Å². The predicted octanol–water partition coefficient (Wildman–Crippen LogP) is 8.75. The number of carboxylic acids is 1. The SMILES string of the molecule is CO.COC(=O)c1ccc2nc(-c3ccccc3)c(N3CCOc4ccccc43)nc2c1.O=C(O)c1ccc2nc(-c3ccccc3)c(N3CCOc4ccccc43)nc2c1. The molecule has 0 fully saturated rings. The highest BCUT2D eigenvalue weighted by Gasteiger charge is 2.26. The standard InChI is InChI=1S/C24H19N3O3.C23H17N3O3.CH4O/c1-29-24(28)17-11-12-18-19(15-17)26-23(22(25-18)16-7-3-2-4-8-16)27-13-14-30-21-10-6-5-9-20(21)27;27-23(28)16-10-11-17-18(14-16)25-22(21(24-17)15-6-2-1-3-7-15)26-12-13-29-20-9-5-4-8-19(20)26;1-2/h2-12,15H,13-14H2,1H3;1-11,14H,12-13H2,(H,27,28);2H,1H3. The second-order valence-corrected chi connectivity index (χ2v) is 13.7. The van der Waals surface area contributed by atoms with E-state index in [2.05, 4.69) is 9.80 Å². The molecule has 0 bridgehead atoms. The summed E-state index contributed by atoms with van der Waals surface area (Å²) >= 11 is 0. The first kappa shape index (κ1) is 39.9. The van der Waals surface area contributed by atoms with Gasteiger partial charge in [-0.1, -0.05) is 84.9 Å². The van der Waals surface area contributed by atoms with Gasteiger partial charge >= 0.3 is 11.9 Å². The van der Waals surface area contributed by atoms with Crippen LogP contribution < -0.4 is 19.3 Å². The van der Waals surface area contributed by atoms with Gasteiger partial charge in [0.2, 0.25) is 0 Å². The van der Waals surface area contributed by atoms with Gasteiger partial charge in [0.05, 0.1) is 64.8 Å². The molecule has 8 aromatic rings. The van der Waals surface area contributed by atoms with Crippen LogP contribution in [0.5, 0.6) is 11.5 Å². The zero-order chi connectivity index (χ0) is 42.3. The number of ether oxygens (including phenoxy) is 3. The Hall–Kier alpha value is -7.90. The number of anilines is 4. The van der Waals surface area contributed by atoms with Gasteiger partial charge in [-0.15, -0.1) is 0 Å². The number of para-hydroxylation sites is 4. The molecule has 6 aromatic carbocycles. The van der Waals surface area contributed by atoms with Crippen molar-refractivity contribution in [1.29, 1.82) is 0 Å². The topological polar surface area (TPSA) is 160 Å². The van der Waals surface area contributed by atoms with Crippen LogP contribution >= 0.6 is 0 Å². The number of benzene rings is 6. The van der Waals surface area contributed by atoms with Gasteiger partial charge in [-0.3, -0.25) is 0 Å². The smallest absolute Gasteiger partial charge is 0.337 e. The number of esters is 1. The van der Waals surface area contributed by atoms with Crippen molar-refractivity contribution in [2.24, 2.45) is 0 Å². The molecule has 2 aromatic heterocycles. The average molecular weight is 813 g/mol. The van der Waals surface area contributed by atoms with Crippen LogP contribution in [0.25, 0.3) is 44.6 Å². The third-order valence-electron chi connectivity index (χ3n) is 10.0. The maximum absolute atomic E-state index is 12.0. The largest absolute Gasteiger partial charge is 0.490 e. The molecule has 13 heteroatoms. The van der Waals surface area contributed by atoms with Gasteiger partial charge in [0.25, 0.3) is 0 Å². The molecular weight excluding hydrogens is 773 g/mol. The van der Waals surface area contributed by atoms with Crippen molar-refractivity contribution in [3.63, 3.8) is 0 Å². The van der Waals surface area contributed by atoms with E-state index in [9.17, 15) is 14.7 Å². The molecule has 2 aliphatic rings. The molecule has 0 unspecified atom stereocenters. The number of carboxylic acid groups (broad SMARTS) is 1. The number of hydrogen-bond donors (Lipinski definition) is 2. The van der Waals surface area contributed by atoms with Crippen molar-refractivity contribution >= 4 is 57.0 Å². The summed E-state index contributed by atoms with van der Waals surface area (Å²) in [5.41, 5.74) is 8.49. The second-order valence-electron chi connectivity index (χ2n) is 13.7. The van der Waals surface area contributed by atoms with Crippen LogP contribution in [0.2, 0.25) is 0 Å². The van der Waals surface area contributed by atoms with Gasteiger partial charge in [0.1, 0.15) is 36.1 Å². The summed E-state index contributed by atoms with van der Waals surface area (Å²) in [6.07, 6.45) is 0. The van der Waals surface area contributed by atoms with Crippen LogP contribution in [0.4, 0.5) is 23.0 Å². The molecule has 0 atom stereocenters. The number of carbonyl (C=O) groups excluding carboxylic acids is 1. The molecule has 10 rings (SSSR count). The van der Waals surface area contributed by atoms with E-state index >= 15 is 0 Å². The maximum atomic E-state index is 12.0. The molecule has 61 heavy (non-hydrogen) atoms. The predicted molar refractivity (Wildman–Crippen MR) is 234 cm³/mol. The quantitative estimate of drug-likeness (QED) is 0.154. The van der Waals surface area contributed by atoms with Gasteiger partial charge in [-0.05, 0) is 60.7 Å². The van der Waals surface area contributed by atoms with Crippen molar-refractivity contribution in [3.8, 4) is 34.0 Å². The third-order valence-corrected chi connectivity index (χ3v) is 10.0. The fourth-order valence-electron chi connectivity index (χ4n) is 7.20. The lowest BCUT2D eigenvalue weighted by atomic mass is 10.1. The van der Waals surface area contributed by atoms with Crippen LogP contribution in [0.15, 0.2) is 146 Å². The number of nitrogens with zero attached hydrogens (tertiary/aromatic N) is 6. The fraction of sp³-hybridized carbons (Fsp3) is 0.125. The summed E-state index contributed by atoms with van der Waals surface area (Å²) < 4.78 is 16.5. The van der Waals surface area contributed by atoms with Crippen LogP contribution in [0, 0.1) is 0 Å². The zero-order valence-corrected chi connectivity index (χ0v) is 33.3. The van der Waals surface area contributed by atoms with E-state index in [0.717, 1.165) is 58.3 Å². The summed E-state index contributed by atoms with van der Waals surface area (Å²) in [6.45, 7) is 2.34. The molecule has 4 heterocycles. The number of carbonyl (C=O) groups is 2. The Labute approximate surface area is 351 Å². The van der Waals surface area contributed by atoms with Gasteiger partial charge in [0.15, 0.2) is 11.6 Å². The van der Waals surface area contributed by atoms with Crippen molar-refractivity contribution < 1.29 is 34.0 Å². The molecule has 304 valence electrons. The van der Waals surface area contributed by atoms with Gasteiger partial charge in [-0.25, -0.2) is 29.5 Å². The molecular formula is C48H40N6O7. The Balaban J connectivity index is 0.000000162. The zero-order valence-electron chi connectivity index (χ0n) is 33.3. The minimum Gasteiger partial charge on any atom is -0.490 e. The summed E-state index contributed by atoms with van der Waals surface area (Å²) in [4.78, 5) is 47.2. The number of aliphatic hydroxyl groups excluding tert-OH is 1. The van der Waals surface area contributed by atoms with Crippen LogP contribution in [0.1, 0.15) is 20.7 Å². The first-order valence-electron chi connectivity index (χ1n) is 19.4. The number of aromatic nitrogens is 4. The first-order valence-corrected chi connectivity index (χ1v) is 19.4. The molecule has 0 radical (unpaired) electrons. The van der Waals surface area contributed by atoms with Crippen molar-refractivity contribution in [1.82, 2.24) is 19.9 Å². The monoisotopic (exact) mass is 812 g/mol. The molecule has 0 spiro atoms.